The second-order valence-electron chi connectivity index (χ2n) is 3.23. The van der Waals surface area contributed by atoms with Crippen LogP contribution in [0.15, 0.2) is 0 Å². The highest BCUT2D eigenvalue weighted by molar-refractivity contribution is 4.69. The maximum atomic E-state index is 8.46. The molecule has 1 aliphatic heterocycles. The van der Waals surface area contributed by atoms with E-state index in [1.807, 2.05) is 13.8 Å². The van der Waals surface area contributed by atoms with Gasteiger partial charge in [0.2, 0.25) is 0 Å². The quantitative estimate of drug-likeness (QED) is 0.523. The summed E-state index contributed by atoms with van der Waals surface area (Å²) in [5.74, 6) is 0. The van der Waals surface area contributed by atoms with E-state index in [0.717, 1.165) is 12.8 Å². The van der Waals surface area contributed by atoms with E-state index in [4.69, 9.17) is 15.0 Å². The minimum Gasteiger partial charge on any atom is -0.252 e. The van der Waals surface area contributed by atoms with Crippen LogP contribution in [0.25, 0.3) is 0 Å². The van der Waals surface area contributed by atoms with Crippen molar-refractivity contribution in [2.45, 2.75) is 51.4 Å². The van der Waals surface area contributed by atoms with Crippen molar-refractivity contribution in [3.63, 3.8) is 0 Å². The maximum absolute atomic E-state index is 8.46. The first-order valence-electron chi connectivity index (χ1n) is 4.38. The van der Waals surface area contributed by atoms with E-state index in [2.05, 4.69) is 4.89 Å². The van der Waals surface area contributed by atoms with Crippen LogP contribution in [0.5, 0.6) is 0 Å². The summed E-state index contributed by atoms with van der Waals surface area (Å²) in [6.45, 7) is 3.92. The van der Waals surface area contributed by atoms with Gasteiger partial charge in [0.15, 0.2) is 0 Å². The van der Waals surface area contributed by atoms with Crippen LogP contribution < -0.4 is 0 Å². The molecule has 0 saturated carbocycles. The van der Waals surface area contributed by atoms with Crippen molar-refractivity contribution in [3.8, 4) is 0 Å². The molecule has 4 heteroatoms. The first-order valence-corrected chi connectivity index (χ1v) is 4.38. The largest absolute Gasteiger partial charge is 0.252 e. The molecule has 12 heavy (non-hydrogen) atoms. The molecule has 3 atom stereocenters. The lowest BCUT2D eigenvalue weighted by Crippen LogP contribution is -2.18. The Balaban J connectivity index is 2.21. The van der Waals surface area contributed by atoms with Gasteiger partial charge in [-0.25, -0.2) is 14.7 Å². The Morgan fingerprint density at radius 2 is 2.33 bits per heavy atom. The molecule has 0 aromatic carbocycles. The third kappa shape index (κ3) is 2.71. The van der Waals surface area contributed by atoms with Crippen LogP contribution in [0.1, 0.15) is 33.1 Å². The van der Waals surface area contributed by atoms with Gasteiger partial charge in [-0.15, -0.1) is 0 Å². The van der Waals surface area contributed by atoms with Crippen LogP contribution in [0.2, 0.25) is 0 Å². The highest BCUT2D eigenvalue weighted by Gasteiger charge is 2.26. The third-order valence-corrected chi connectivity index (χ3v) is 2.08. The third-order valence-electron chi connectivity index (χ3n) is 2.08. The van der Waals surface area contributed by atoms with Crippen molar-refractivity contribution in [1.82, 2.24) is 0 Å². The van der Waals surface area contributed by atoms with Gasteiger partial charge in [-0.2, -0.15) is 0 Å². The predicted octanol–water partition coefficient (Wildman–Crippen LogP) is 1.75. The topological polar surface area (TPSA) is 47.9 Å². The lowest BCUT2D eigenvalue weighted by molar-refractivity contribution is -0.314. The smallest absolute Gasteiger partial charge is 0.0981 e. The summed E-state index contributed by atoms with van der Waals surface area (Å²) in [4.78, 5) is 14.2. The van der Waals surface area contributed by atoms with Crippen molar-refractivity contribution in [2.24, 2.45) is 0 Å². The van der Waals surface area contributed by atoms with Crippen LogP contribution in [0, 0.1) is 0 Å². The molecule has 72 valence electrons. The van der Waals surface area contributed by atoms with E-state index in [9.17, 15) is 0 Å². The molecule has 1 N–H and O–H groups in total. The molecule has 0 radical (unpaired) electrons. The zero-order valence-corrected chi connectivity index (χ0v) is 7.53. The van der Waals surface area contributed by atoms with Gasteiger partial charge in [-0.1, -0.05) is 6.92 Å². The van der Waals surface area contributed by atoms with Gasteiger partial charge < -0.3 is 0 Å². The molecule has 1 heterocycles. The van der Waals surface area contributed by atoms with E-state index in [1.165, 1.54) is 0 Å². The van der Waals surface area contributed by atoms with Gasteiger partial charge >= 0.3 is 0 Å². The van der Waals surface area contributed by atoms with Crippen LogP contribution in [0.4, 0.5) is 0 Å². The summed E-state index contributed by atoms with van der Waals surface area (Å²) in [6, 6.07) is 0. The van der Waals surface area contributed by atoms with Crippen molar-refractivity contribution in [1.29, 1.82) is 0 Å². The van der Waals surface area contributed by atoms with E-state index in [-0.39, 0.29) is 18.3 Å². The van der Waals surface area contributed by atoms with Gasteiger partial charge in [0.25, 0.3) is 0 Å². The Hall–Kier alpha value is -0.160. The van der Waals surface area contributed by atoms with Gasteiger partial charge in [-0.3, -0.25) is 5.26 Å². The second kappa shape index (κ2) is 4.77. The zero-order valence-electron chi connectivity index (χ0n) is 7.53. The average molecular weight is 176 g/mol. The molecule has 1 rings (SSSR count). The molecule has 3 unspecified atom stereocenters. The SMILES string of the molecule is CCC(CC1CC(C)OO1)OO. The molecule has 0 amide bonds. The molecule has 1 saturated heterocycles. The maximum Gasteiger partial charge on any atom is 0.0981 e. The Kier molecular flexibility index (Phi) is 3.94. The minimum absolute atomic E-state index is 0.0668. The van der Waals surface area contributed by atoms with Crippen LogP contribution >= 0.6 is 0 Å². The van der Waals surface area contributed by atoms with E-state index in [1.54, 1.807) is 0 Å². The summed E-state index contributed by atoms with van der Waals surface area (Å²) >= 11 is 0. The molecule has 0 aromatic rings. The lowest BCUT2D eigenvalue weighted by atomic mass is 10.1. The molecule has 1 fully saturated rings. The first kappa shape index (κ1) is 9.92. The number of hydrogen-bond donors (Lipinski definition) is 1. The standard InChI is InChI=1S/C8H16O4/c1-3-7(10-9)5-8-4-6(2)11-12-8/h6-9H,3-5H2,1-2H3. The lowest BCUT2D eigenvalue weighted by Gasteiger charge is -2.13. The fourth-order valence-corrected chi connectivity index (χ4v) is 1.34. The summed E-state index contributed by atoms with van der Waals surface area (Å²) < 4.78 is 0. The Morgan fingerprint density at radius 3 is 2.75 bits per heavy atom. The fraction of sp³-hybridized carbons (Fsp3) is 1.00. The summed E-state index contributed by atoms with van der Waals surface area (Å²) in [5, 5.41) is 8.46. The summed E-state index contributed by atoms with van der Waals surface area (Å²) in [6.07, 6.45) is 2.44. The summed E-state index contributed by atoms with van der Waals surface area (Å²) in [7, 11) is 0. The van der Waals surface area contributed by atoms with Crippen LogP contribution in [-0.2, 0) is 14.7 Å². The van der Waals surface area contributed by atoms with Crippen molar-refractivity contribution >= 4 is 0 Å². The molecule has 0 aromatic heterocycles. The van der Waals surface area contributed by atoms with Crippen molar-refractivity contribution in [3.05, 3.63) is 0 Å². The van der Waals surface area contributed by atoms with Gasteiger partial charge in [-0.05, 0) is 13.3 Å². The summed E-state index contributed by atoms with van der Waals surface area (Å²) in [5.41, 5.74) is 0. The molecule has 4 nitrogen and oxygen atoms in total. The van der Waals surface area contributed by atoms with E-state index < -0.39 is 0 Å². The van der Waals surface area contributed by atoms with E-state index >= 15 is 0 Å². The number of rotatable bonds is 4. The molecule has 0 spiro atoms. The zero-order chi connectivity index (χ0) is 8.97. The van der Waals surface area contributed by atoms with Gasteiger partial charge in [0.1, 0.15) is 0 Å². The molecule has 0 bridgehead atoms. The monoisotopic (exact) mass is 176 g/mol. The Bertz CT molecular complexity index is 124. The molecule has 0 aliphatic carbocycles. The fourth-order valence-electron chi connectivity index (χ4n) is 1.34. The molecule has 1 aliphatic rings. The Morgan fingerprint density at radius 1 is 1.58 bits per heavy atom. The molecular weight excluding hydrogens is 160 g/mol. The van der Waals surface area contributed by atoms with Gasteiger partial charge in [0.05, 0.1) is 18.3 Å². The Labute approximate surface area is 72.3 Å². The second-order valence-corrected chi connectivity index (χ2v) is 3.23. The number of hydrogen-bond acceptors (Lipinski definition) is 4. The minimum atomic E-state index is -0.135. The average Bonchev–Trinajstić information content (AvgIpc) is 2.47. The normalized spacial score (nSPS) is 32.2. The first-order chi connectivity index (χ1) is 5.76. The van der Waals surface area contributed by atoms with Crippen molar-refractivity contribution < 1.29 is 19.9 Å². The van der Waals surface area contributed by atoms with E-state index in [0.29, 0.717) is 6.42 Å². The van der Waals surface area contributed by atoms with Crippen LogP contribution in [-0.4, -0.2) is 23.6 Å². The van der Waals surface area contributed by atoms with Crippen LogP contribution in [0.3, 0.4) is 0 Å². The highest BCUT2D eigenvalue weighted by atomic mass is 17.2. The van der Waals surface area contributed by atoms with Gasteiger partial charge in [0, 0.05) is 12.8 Å². The predicted molar refractivity (Wildman–Crippen MR) is 42.4 cm³/mol. The molecular formula is C8H16O4. The van der Waals surface area contributed by atoms with Crippen molar-refractivity contribution in [2.75, 3.05) is 0 Å². The highest BCUT2D eigenvalue weighted by Crippen LogP contribution is 2.21.